The van der Waals surface area contributed by atoms with Crippen LogP contribution in [0.4, 0.5) is 0 Å². The van der Waals surface area contributed by atoms with Crippen molar-refractivity contribution in [3.8, 4) is 5.69 Å². The van der Waals surface area contributed by atoms with Crippen molar-refractivity contribution in [3.05, 3.63) is 41.5 Å². The normalized spacial score (nSPS) is 10.9. The number of aromatic nitrogens is 6. The van der Waals surface area contributed by atoms with E-state index in [9.17, 15) is 0 Å². The zero-order valence-electron chi connectivity index (χ0n) is 11.0. The number of hydrogen-bond donors (Lipinski definition) is 0. The molecule has 7 nitrogen and oxygen atoms in total. The fourth-order valence-electron chi connectivity index (χ4n) is 1.72. The quantitative estimate of drug-likeness (QED) is 0.678. The Morgan fingerprint density at radius 2 is 2.20 bits per heavy atom. The van der Waals surface area contributed by atoms with Crippen molar-refractivity contribution in [3.63, 3.8) is 0 Å². The largest absolute Gasteiger partial charge is 0.340 e. The molecule has 0 radical (unpaired) electrons. The maximum absolute atomic E-state index is 4.93. The lowest BCUT2D eigenvalue weighted by Gasteiger charge is -2.03. The molecule has 0 N–H and O–H groups in total. The molecule has 2 aromatic heterocycles. The molecule has 1 aromatic carbocycles. The maximum Gasteiger partial charge on any atom is 0.223 e. The summed E-state index contributed by atoms with van der Waals surface area (Å²) < 4.78 is 6.63. The molecule has 0 unspecified atom stereocenters. The van der Waals surface area contributed by atoms with Crippen molar-refractivity contribution in [1.82, 2.24) is 30.3 Å². The molecule has 20 heavy (non-hydrogen) atoms. The number of aryl methyl sites for hydroxylation is 2. The zero-order valence-corrected chi connectivity index (χ0v) is 11.8. The Morgan fingerprint density at radius 1 is 1.30 bits per heavy atom. The minimum absolute atomic E-state index is 0.555. The third-order valence-corrected chi connectivity index (χ3v) is 3.50. The Hall–Kier alpha value is -2.22. The summed E-state index contributed by atoms with van der Waals surface area (Å²) in [6.07, 6.45) is 0. The second-order valence-corrected chi connectivity index (χ2v) is 5.17. The van der Waals surface area contributed by atoms with Gasteiger partial charge in [-0.2, -0.15) is 9.67 Å². The van der Waals surface area contributed by atoms with Gasteiger partial charge in [-0.3, -0.25) is 0 Å². The van der Waals surface area contributed by atoms with Crippen molar-refractivity contribution >= 4 is 11.8 Å². The minimum atomic E-state index is 0.555. The third kappa shape index (κ3) is 2.69. The fraction of sp³-hybridized carbons (Fsp3) is 0.250. The molecule has 0 bridgehead atoms. The fourth-order valence-corrected chi connectivity index (χ4v) is 2.45. The molecule has 8 heteroatoms. The third-order valence-electron chi connectivity index (χ3n) is 2.59. The Morgan fingerprint density at radius 3 is 2.95 bits per heavy atom. The van der Waals surface area contributed by atoms with E-state index in [1.807, 2.05) is 31.2 Å². The van der Waals surface area contributed by atoms with Crippen LogP contribution in [0, 0.1) is 13.8 Å². The lowest BCUT2D eigenvalue weighted by Crippen LogP contribution is -1.99. The molecule has 0 aliphatic carbocycles. The highest BCUT2D eigenvalue weighted by Gasteiger charge is 2.11. The van der Waals surface area contributed by atoms with Gasteiger partial charge in [0, 0.05) is 6.92 Å². The number of hydrogen-bond acceptors (Lipinski definition) is 7. The molecule has 3 rings (SSSR count). The first kappa shape index (κ1) is 12.8. The summed E-state index contributed by atoms with van der Waals surface area (Å²) in [7, 11) is 0. The molecule has 0 amide bonds. The maximum atomic E-state index is 4.93. The predicted molar refractivity (Wildman–Crippen MR) is 72.5 cm³/mol. The minimum Gasteiger partial charge on any atom is -0.340 e. The van der Waals surface area contributed by atoms with Gasteiger partial charge in [0.05, 0.1) is 11.4 Å². The molecule has 3 aromatic rings. The van der Waals surface area contributed by atoms with Crippen LogP contribution in [0.25, 0.3) is 5.69 Å². The van der Waals surface area contributed by atoms with Crippen LogP contribution in [0.1, 0.15) is 17.3 Å². The summed E-state index contributed by atoms with van der Waals surface area (Å²) in [5, 5.41) is 16.3. The predicted octanol–water partition coefficient (Wildman–Crippen LogP) is 1.95. The number of nitrogens with zero attached hydrogens (tertiary/aromatic N) is 6. The van der Waals surface area contributed by atoms with E-state index < -0.39 is 0 Å². The SMILES string of the molecule is Cc1cccc(-n2nnnc2SCc2noc(C)n2)c1. The van der Waals surface area contributed by atoms with Crippen molar-refractivity contribution in [2.45, 2.75) is 24.8 Å². The average molecular weight is 288 g/mol. The van der Waals surface area contributed by atoms with Gasteiger partial charge in [-0.1, -0.05) is 29.1 Å². The van der Waals surface area contributed by atoms with Crippen molar-refractivity contribution in [2.75, 3.05) is 0 Å². The summed E-state index contributed by atoms with van der Waals surface area (Å²) in [5.41, 5.74) is 2.09. The second kappa shape index (κ2) is 5.41. The van der Waals surface area contributed by atoms with Crippen LogP contribution in [0.2, 0.25) is 0 Å². The Kier molecular flexibility index (Phi) is 3.46. The molecule has 0 aliphatic rings. The Bertz CT molecular complexity index is 722. The molecule has 0 aliphatic heterocycles. The molecule has 0 saturated carbocycles. The first-order valence-corrected chi connectivity index (χ1v) is 6.98. The number of benzene rings is 1. The summed E-state index contributed by atoms with van der Waals surface area (Å²) in [6, 6.07) is 8.00. The number of rotatable bonds is 4. The van der Waals surface area contributed by atoms with Crippen molar-refractivity contribution in [1.29, 1.82) is 0 Å². The standard InChI is InChI=1S/C12H12N6OS/c1-8-4-3-5-10(6-8)18-12(14-16-17-18)20-7-11-13-9(2)19-15-11/h3-6H,7H2,1-2H3. The molecule has 102 valence electrons. The summed E-state index contributed by atoms with van der Waals surface area (Å²) in [6.45, 7) is 3.79. The van der Waals surface area contributed by atoms with Crippen molar-refractivity contribution in [2.24, 2.45) is 0 Å². The lowest BCUT2D eigenvalue weighted by atomic mass is 10.2. The molecule has 0 saturated heterocycles. The van der Waals surface area contributed by atoms with E-state index in [-0.39, 0.29) is 0 Å². The van der Waals surface area contributed by atoms with Crippen LogP contribution in [0.3, 0.4) is 0 Å². The van der Waals surface area contributed by atoms with Crippen LogP contribution in [-0.2, 0) is 5.75 Å². The van der Waals surface area contributed by atoms with E-state index in [1.54, 1.807) is 11.6 Å². The molecular weight excluding hydrogens is 276 g/mol. The van der Waals surface area contributed by atoms with Gasteiger partial charge in [0.25, 0.3) is 0 Å². The van der Waals surface area contributed by atoms with E-state index in [0.717, 1.165) is 11.3 Å². The number of tetrazole rings is 1. The van der Waals surface area contributed by atoms with Crippen LogP contribution < -0.4 is 0 Å². The zero-order chi connectivity index (χ0) is 13.9. The van der Waals surface area contributed by atoms with E-state index in [4.69, 9.17) is 4.52 Å². The van der Waals surface area contributed by atoms with E-state index >= 15 is 0 Å². The Labute approximate surface area is 119 Å². The van der Waals surface area contributed by atoms with Gasteiger partial charge in [-0.15, -0.1) is 5.10 Å². The van der Waals surface area contributed by atoms with Crippen LogP contribution in [0.5, 0.6) is 0 Å². The number of thioether (sulfide) groups is 1. The summed E-state index contributed by atoms with van der Waals surface area (Å²) >= 11 is 1.46. The lowest BCUT2D eigenvalue weighted by molar-refractivity contribution is 0.389. The topological polar surface area (TPSA) is 82.5 Å². The summed E-state index contributed by atoms with van der Waals surface area (Å²) in [4.78, 5) is 4.15. The van der Waals surface area contributed by atoms with Gasteiger partial charge in [0.1, 0.15) is 0 Å². The van der Waals surface area contributed by atoms with Crippen LogP contribution in [0.15, 0.2) is 33.9 Å². The summed E-state index contributed by atoms with van der Waals surface area (Å²) in [5.74, 6) is 1.74. The van der Waals surface area contributed by atoms with Gasteiger partial charge in [0.2, 0.25) is 11.0 Å². The van der Waals surface area contributed by atoms with Gasteiger partial charge >= 0.3 is 0 Å². The first-order valence-electron chi connectivity index (χ1n) is 6.00. The molecule has 0 fully saturated rings. The van der Waals surface area contributed by atoms with Gasteiger partial charge in [0.15, 0.2) is 5.82 Å². The Balaban J connectivity index is 1.80. The van der Waals surface area contributed by atoms with Gasteiger partial charge in [-0.25, -0.2) is 0 Å². The van der Waals surface area contributed by atoms with Crippen LogP contribution >= 0.6 is 11.8 Å². The van der Waals surface area contributed by atoms with Gasteiger partial charge in [-0.05, 0) is 35.0 Å². The van der Waals surface area contributed by atoms with Crippen LogP contribution in [-0.4, -0.2) is 30.3 Å². The van der Waals surface area contributed by atoms with E-state index in [0.29, 0.717) is 22.6 Å². The van der Waals surface area contributed by atoms with E-state index in [1.165, 1.54) is 11.8 Å². The first-order chi connectivity index (χ1) is 9.72. The highest BCUT2D eigenvalue weighted by atomic mass is 32.2. The van der Waals surface area contributed by atoms with E-state index in [2.05, 4.69) is 25.7 Å². The molecule has 2 heterocycles. The molecule has 0 spiro atoms. The monoisotopic (exact) mass is 288 g/mol. The second-order valence-electron chi connectivity index (χ2n) is 4.23. The average Bonchev–Trinajstić information content (AvgIpc) is 3.05. The molecular formula is C12H12N6OS. The smallest absolute Gasteiger partial charge is 0.223 e. The van der Waals surface area contributed by atoms with Gasteiger partial charge < -0.3 is 4.52 Å². The highest BCUT2D eigenvalue weighted by molar-refractivity contribution is 7.98. The molecule has 0 atom stereocenters. The highest BCUT2D eigenvalue weighted by Crippen LogP contribution is 2.21. The van der Waals surface area contributed by atoms with Crippen molar-refractivity contribution < 1.29 is 4.52 Å².